The van der Waals surface area contributed by atoms with E-state index in [1.807, 2.05) is 13.8 Å². The zero-order chi connectivity index (χ0) is 20.9. The molecule has 0 radical (unpaired) electrons. The maximum absolute atomic E-state index is 11.7. The molecule has 5 heteroatoms. The second kappa shape index (κ2) is 20.5. The Morgan fingerprint density at radius 3 is 1.79 bits per heavy atom. The van der Waals surface area contributed by atoms with Gasteiger partial charge in [0.1, 0.15) is 12.7 Å². The third-order valence-corrected chi connectivity index (χ3v) is 5.02. The molecule has 0 aromatic heterocycles. The first-order chi connectivity index (χ1) is 13.6. The maximum Gasteiger partial charge on any atom is 0.508 e. The second-order valence-corrected chi connectivity index (χ2v) is 7.78. The number of unbranched alkanes of at least 4 members (excludes halogenated alkanes) is 12. The van der Waals surface area contributed by atoms with Crippen molar-refractivity contribution in [2.45, 2.75) is 123 Å². The molecule has 0 aromatic rings. The fraction of sp³-hybridized carbons (Fsp3) is 0.913. The standard InChI is InChI=1S/C23H45NO4/c1-4-6-7-8-9-10-11-12-13-14-15-16-17-18-22(25)24-19-20-27-23(26)28-21(3)5-2/h21H,4-20H2,1-3H3,(H,24,25). The average molecular weight is 400 g/mol. The summed E-state index contributed by atoms with van der Waals surface area (Å²) in [5, 5.41) is 2.78. The number of ether oxygens (including phenoxy) is 2. The largest absolute Gasteiger partial charge is 0.508 e. The van der Waals surface area contributed by atoms with Gasteiger partial charge in [-0.05, 0) is 19.8 Å². The van der Waals surface area contributed by atoms with E-state index in [-0.39, 0.29) is 18.6 Å². The monoisotopic (exact) mass is 399 g/mol. The van der Waals surface area contributed by atoms with Crippen LogP contribution in [-0.2, 0) is 14.3 Å². The summed E-state index contributed by atoms with van der Waals surface area (Å²) in [4.78, 5) is 23.0. The van der Waals surface area contributed by atoms with Gasteiger partial charge in [0.2, 0.25) is 5.91 Å². The van der Waals surface area contributed by atoms with Crippen molar-refractivity contribution < 1.29 is 19.1 Å². The van der Waals surface area contributed by atoms with Gasteiger partial charge in [-0.3, -0.25) is 4.79 Å². The number of carbonyl (C=O) groups is 2. The molecule has 0 rings (SSSR count). The summed E-state index contributed by atoms with van der Waals surface area (Å²) in [6.07, 6.45) is 17.4. The first-order valence-electron chi connectivity index (χ1n) is 11.7. The minimum Gasteiger partial charge on any atom is -0.432 e. The van der Waals surface area contributed by atoms with Gasteiger partial charge in [-0.1, -0.05) is 90.9 Å². The summed E-state index contributed by atoms with van der Waals surface area (Å²) < 4.78 is 9.90. The van der Waals surface area contributed by atoms with Crippen LogP contribution in [0.3, 0.4) is 0 Å². The van der Waals surface area contributed by atoms with Crippen LogP contribution >= 0.6 is 0 Å². The van der Waals surface area contributed by atoms with Crippen LogP contribution in [0.15, 0.2) is 0 Å². The Morgan fingerprint density at radius 1 is 0.786 bits per heavy atom. The van der Waals surface area contributed by atoms with E-state index in [4.69, 9.17) is 9.47 Å². The van der Waals surface area contributed by atoms with E-state index in [0.717, 1.165) is 19.3 Å². The van der Waals surface area contributed by atoms with E-state index in [0.29, 0.717) is 13.0 Å². The number of nitrogens with one attached hydrogen (secondary N) is 1. The molecule has 0 aromatic carbocycles. The molecule has 5 nitrogen and oxygen atoms in total. The second-order valence-electron chi connectivity index (χ2n) is 7.78. The molecule has 0 spiro atoms. The summed E-state index contributed by atoms with van der Waals surface area (Å²) in [6.45, 7) is 6.51. The van der Waals surface area contributed by atoms with Crippen LogP contribution in [0.5, 0.6) is 0 Å². The van der Waals surface area contributed by atoms with Crippen molar-refractivity contribution in [3.8, 4) is 0 Å². The lowest BCUT2D eigenvalue weighted by molar-refractivity contribution is -0.121. The normalized spacial score (nSPS) is 11.8. The molecule has 0 saturated heterocycles. The number of amides is 1. The van der Waals surface area contributed by atoms with Crippen LogP contribution in [0.1, 0.15) is 117 Å². The molecule has 1 unspecified atom stereocenters. The highest BCUT2D eigenvalue weighted by Gasteiger charge is 2.08. The molecule has 0 saturated carbocycles. The molecular weight excluding hydrogens is 354 g/mol. The van der Waals surface area contributed by atoms with Crippen molar-refractivity contribution in [3.63, 3.8) is 0 Å². The molecule has 1 amide bonds. The number of hydrogen-bond acceptors (Lipinski definition) is 4. The Labute approximate surface area is 173 Å². The van der Waals surface area contributed by atoms with Gasteiger partial charge in [-0.25, -0.2) is 4.79 Å². The highest BCUT2D eigenvalue weighted by atomic mass is 16.7. The molecule has 28 heavy (non-hydrogen) atoms. The van der Waals surface area contributed by atoms with Gasteiger partial charge in [-0.2, -0.15) is 0 Å². The summed E-state index contributed by atoms with van der Waals surface area (Å²) in [5.74, 6) is 0.0296. The van der Waals surface area contributed by atoms with Gasteiger partial charge in [0.15, 0.2) is 0 Å². The van der Waals surface area contributed by atoms with E-state index in [1.165, 1.54) is 70.6 Å². The number of rotatable bonds is 19. The van der Waals surface area contributed by atoms with Crippen molar-refractivity contribution in [2.24, 2.45) is 0 Å². The molecule has 166 valence electrons. The minimum atomic E-state index is -0.667. The van der Waals surface area contributed by atoms with Crippen molar-refractivity contribution in [2.75, 3.05) is 13.2 Å². The Bertz CT molecular complexity index is 374. The van der Waals surface area contributed by atoms with E-state index in [2.05, 4.69) is 12.2 Å². The Hall–Kier alpha value is -1.26. The molecule has 0 heterocycles. The van der Waals surface area contributed by atoms with Crippen LogP contribution in [-0.4, -0.2) is 31.3 Å². The van der Waals surface area contributed by atoms with E-state index in [9.17, 15) is 9.59 Å². The van der Waals surface area contributed by atoms with Crippen molar-refractivity contribution in [1.29, 1.82) is 0 Å². The van der Waals surface area contributed by atoms with Crippen LogP contribution in [0, 0.1) is 0 Å². The zero-order valence-corrected chi connectivity index (χ0v) is 18.7. The van der Waals surface area contributed by atoms with Gasteiger partial charge in [0.25, 0.3) is 0 Å². The lowest BCUT2D eigenvalue weighted by Gasteiger charge is -2.11. The lowest BCUT2D eigenvalue weighted by Crippen LogP contribution is -2.28. The van der Waals surface area contributed by atoms with E-state index in [1.54, 1.807) is 0 Å². The highest BCUT2D eigenvalue weighted by molar-refractivity contribution is 5.75. The minimum absolute atomic E-state index is 0.0296. The molecular formula is C23H45NO4. The molecule has 0 aliphatic rings. The Balaban J connectivity index is 3.28. The topological polar surface area (TPSA) is 64.6 Å². The zero-order valence-electron chi connectivity index (χ0n) is 18.7. The van der Waals surface area contributed by atoms with Gasteiger partial charge in [0, 0.05) is 6.42 Å². The molecule has 0 aliphatic heterocycles. The fourth-order valence-corrected chi connectivity index (χ4v) is 3.00. The lowest BCUT2D eigenvalue weighted by atomic mass is 10.0. The SMILES string of the molecule is CCCCCCCCCCCCCCCC(=O)NCCOC(=O)OC(C)CC. The quantitative estimate of drug-likeness (QED) is 0.198. The van der Waals surface area contributed by atoms with Crippen molar-refractivity contribution in [1.82, 2.24) is 5.32 Å². The molecule has 1 N–H and O–H groups in total. The molecule has 0 bridgehead atoms. The number of carbonyl (C=O) groups excluding carboxylic acids is 2. The number of hydrogen-bond donors (Lipinski definition) is 1. The molecule has 0 fully saturated rings. The summed E-state index contributed by atoms with van der Waals surface area (Å²) in [5.41, 5.74) is 0. The van der Waals surface area contributed by atoms with Crippen LogP contribution in [0.25, 0.3) is 0 Å². The Morgan fingerprint density at radius 2 is 1.29 bits per heavy atom. The smallest absolute Gasteiger partial charge is 0.432 e. The third-order valence-electron chi connectivity index (χ3n) is 5.02. The van der Waals surface area contributed by atoms with Gasteiger partial charge < -0.3 is 14.8 Å². The first kappa shape index (κ1) is 26.7. The predicted octanol–water partition coefficient (Wildman–Crippen LogP) is 6.54. The third kappa shape index (κ3) is 19.5. The van der Waals surface area contributed by atoms with Gasteiger partial charge >= 0.3 is 6.16 Å². The predicted molar refractivity (Wildman–Crippen MR) is 116 cm³/mol. The summed E-state index contributed by atoms with van der Waals surface area (Å²) >= 11 is 0. The first-order valence-corrected chi connectivity index (χ1v) is 11.7. The molecule has 1 atom stereocenters. The van der Waals surface area contributed by atoms with Gasteiger partial charge in [0.05, 0.1) is 6.54 Å². The highest BCUT2D eigenvalue weighted by Crippen LogP contribution is 2.12. The summed E-state index contributed by atoms with van der Waals surface area (Å²) in [6, 6.07) is 0. The maximum atomic E-state index is 11.7. The van der Waals surface area contributed by atoms with Crippen LogP contribution in [0.2, 0.25) is 0 Å². The summed E-state index contributed by atoms with van der Waals surface area (Å²) in [7, 11) is 0. The van der Waals surface area contributed by atoms with Crippen LogP contribution in [0.4, 0.5) is 4.79 Å². The van der Waals surface area contributed by atoms with Crippen molar-refractivity contribution >= 4 is 12.1 Å². The Kier molecular flexibility index (Phi) is 19.6. The van der Waals surface area contributed by atoms with Gasteiger partial charge in [-0.15, -0.1) is 0 Å². The molecule has 0 aliphatic carbocycles. The average Bonchev–Trinajstić information content (AvgIpc) is 2.68. The van der Waals surface area contributed by atoms with E-state index < -0.39 is 6.16 Å². The van der Waals surface area contributed by atoms with Crippen molar-refractivity contribution in [3.05, 3.63) is 0 Å². The van der Waals surface area contributed by atoms with E-state index >= 15 is 0 Å². The van der Waals surface area contributed by atoms with Crippen LogP contribution < -0.4 is 5.32 Å². The fourth-order valence-electron chi connectivity index (χ4n) is 3.00.